The Labute approximate surface area is 143 Å². The molecule has 3 rings (SSSR count). The molecule has 0 aromatic carbocycles. The third kappa shape index (κ3) is 3.48. The van der Waals surface area contributed by atoms with E-state index in [-0.39, 0.29) is 12.1 Å². The van der Waals surface area contributed by atoms with Crippen LogP contribution in [0.25, 0.3) is 11.5 Å². The molecule has 3 heterocycles. The Morgan fingerprint density at radius 1 is 1.24 bits per heavy atom. The molecule has 1 aliphatic rings. The molecule has 1 saturated heterocycles. The van der Waals surface area contributed by atoms with Crippen LogP contribution in [0.3, 0.4) is 0 Å². The van der Waals surface area contributed by atoms with Gasteiger partial charge in [0.2, 0.25) is 5.91 Å². The first-order valence-corrected chi connectivity index (χ1v) is 7.95. The number of pyridine rings is 1. The molecule has 0 unspecified atom stereocenters. The maximum atomic E-state index is 12.3. The van der Waals surface area contributed by atoms with Crippen molar-refractivity contribution in [1.82, 2.24) is 10.3 Å². The van der Waals surface area contributed by atoms with Crippen LogP contribution in [0, 0.1) is 5.41 Å². The molecule has 0 bridgehead atoms. The van der Waals surface area contributed by atoms with Gasteiger partial charge in [-0.3, -0.25) is 14.4 Å². The van der Waals surface area contributed by atoms with Crippen molar-refractivity contribution in [3.8, 4) is 11.5 Å². The number of carbonyl (C=O) groups is 2. The van der Waals surface area contributed by atoms with Crippen LogP contribution in [0.15, 0.2) is 39.7 Å². The molecule has 8 nitrogen and oxygen atoms in total. The highest BCUT2D eigenvalue weighted by Gasteiger charge is 2.38. The molecule has 0 spiro atoms. The fraction of sp³-hybridized carbons (Fsp3) is 0.353. The van der Waals surface area contributed by atoms with Crippen LogP contribution >= 0.6 is 0 Å². The lowest BCUT2D eigenvalue weighted by Crippen LogP contribution is -2.50. The maximum Gasteiger partial charge on any atom is 0.261 e. The number of nitrogens with two attached hydrogens (primary N) is 1. The number of aromatic nitrogens is 1. The quantitative estimate of drug-likeness (QED) is 0.733. The van der Waals surface area contributed by atoms with Gasteiger partial charge in [0.25, 0.3) is 11.5 Å². The number of amides is 2. The zero-order valence-corrected chi connectivity index (χ0v) is 13.5. The zero-order valence-electron chi connectivity index (χ0n) is 13.5. The van der Waals surface area contributed by atoms with Crippen molar-refractivity contribution in [2.75, 3.05) is 19.8 Å². The summed E-state index contributed by atoms with van der Waals surface area (Å²) in [6.45, 7) is 0.901. The van der Waals surface area contributed by atoms with Crippen LogP contribution in [0.1, 0.15) is 23.2 Å². The lowest BCUT2D eigenvalue weighted by atomic mass is 9.79. The highest BCUT2D eigenvalue weighted by molar-refractivity contribution is 5.94. The predicted molar refractivity (Wildman–Crippen MR) is 88.8 cm³/mol. The Morgan fingerprint density at radius 2 is 2.00 bits per heavy atom. The molecule has 1 aliphatic heterocycles. The second-order valence-corrected chi connectivity index (χ2v) is 6.03. The third-order valence-corrected chi connectivity index (χ3v) is 4.50. The van der Waals surface area contributed by atoms with Gasteiger partial charge in [-0.2, -0.15) is 0 Å². The number of nitrogens with one attached hydrogen (secondary N) is 2. The molecule has 0 saturated carbocycles. The van der Waals surface area contributed by atoms with Gasteiger partial charge < -0.3 is 25.2 Å². The Bertz CT molecular complexity index is 819. The van der Waals surface area contributed by atoms with Crippen molar-refractivity contribution < 1.29 is 18.7 Å². The number of aromatic amines is 1. The first-order chi connectivity index (χ1) is 12.0. The number of hydrogen-bond donors (Lipinski definition) is 3. The van der Waals surface area contributed by atoms with Crippen molar-refractivity contribution in [1.29, 1.82) is 0 Å². The van der Waals surface area contributed by atoms with Crippen molar-refractivity contribution >= 4 is 11.8 Å². The third-order valence-electron chi connectivity index (χ3n) is 4.50. The molecular weight excluding hydrogens is 326 g/mol. The Balaban J connectivity index is 1.73. The van der Waals surface area contributed by atoms with E-state index in [4.69, 9.17) is 14.9 Å². The minimum atomic E-state index is -0.839. The number of rotatable bonds is 5. The molecule has 0 aliphatic carbocycles. The SMILES string of the molecule is NC(=O)C1(CNC(=O)c2ccc(-c3ccco3)[nH]c2=O)CCOCC1. The summed E-state index contributed by atoms with van der Waals surface area (Å²) in [7, 11) is 0. The number of furan rings is 1. The van der Waals surface area contributed by atoms with Gasteiger partial charge in [0.1, 0.15) is 11.3 Å². The molecule has 8 heteroatoms. The first kappa shape index (κ1) is 17.0. The fourth-order valence-electron chi connectivity index (χ4n) is 2.85. The van der Waals surface area contributed by atoms with E-state index in [1.807, 2.05) is 0 Å². The lowest BCUT2D eigenvalue weighted by Gasteiger charge is -2.34. The largest absolute Gasteiger partial charge is 0.463 e. The van der Waals surface area contributed by atoms with Crippen LogP contribution < -0.4 is 16.6 Å². The predicted octanol–water partition coefficient (Wildman–Crippen LogP) is 0.647. The van der Waals surface area contributed by atoms with Crippen LogP contribution in [-0.2, 0) is 9.53 Å². The van der Waals surface area contributed by atoms with Gasteiger partial charge in [-0.25, -0.2) is 0 Å². The molecule has 2 aromatic rings. The smallest absolute Gasteiger partial charge is 0.261 e. The highest BCUT2D eigenvalue weighted by Crippen LogP contribution is 2.29. The van der Waals surface area contributed by atoms with Gasteiger partial charge in [-0.05, 0) is 37.1 Å². The summed E-state index contributed by atoms with van der Waals surface area (Å²) in [6.07, 6.45) is 2.37. The topological polar surface area (TPSA) is 127 Å². The van der Waals surface area contributed by atoms with E-state index < -0.39 is 22.8 Å². The molecule has 2 aromatic heterocycles. The van der Waals surface area contributed by atoms with Gasteiger partial charge in [-0.15, -0.1) is 0 Å². The average Bonchev–Trinajstić information content (AvgIpc) is 3.15. The molecule has 4 N–H and O–H groups in total. The summed E-state index contributed by atoms with van der Waals surface area (Å²) in [6, 6.07) is 6.42. The van der Waals surface area contributed by atoms with E-state index in [0.717, 1.165) is 0 Å². The van der Waals surface area contributed by atoms with Crippen LogP contribution in [0.5, 0.6) is 0 Å². The van der Waals surface area contributed by atoms with Crippen molar-refractivity contribution in [2.45, 2.75) is 12.8 Å². The van der Waals surface area contributed by atoms with E-state index in [2.05, 4.69) is 10.3 Å². The van der Waals surface area contributed by atoms with Gasteiger partial charge in [0, 0.05) is 19.8 Å². The average molecular weight is 345 g/mol. The van der Waals surface area contributed by atoms with Crippen molar-refractivity contribution in [3.05, 3.63) is 46.4 Å². The van der Waals surface area contributed by atoms with E-state index in [1.54, 1.807) is 18.2 Å². The Kier molecular flexibility index (Phi) is 4.71. The van der Waals surface area contributed by atoms with E-state index in [0.29, 0.717) is 37.5 Å². The van der Waals surface area contributed by atoms with E-state index in [9.17, 15) is 14.4 Å². The number of hydrogen-bond acceptors (Lipinski definition) is 5. The molecule has 0 atom stereocenters. The van der Waals surface area contributed by atoms with Gasteiger partial charge in [0.05, 0.1) is 17.4 Å². The summed E-state index contributed by atoms with van der Waals surface area (Å²) in [5, 5.41) is 2.65. The number of primary amides is 1. The highest BCUT2D eigenvalue weighted by atomic mass is 16.5. The number of H-pyrrole nitrogens is 1. The Hall–Kier alpha value is -2.87. The molecule has 25 heavy (non-hydrogen) atoms. The molecule has 0 radical (unpaired) electrons. The lowest BCUT2D eigenvalue weighted by molar-refractivity contribution is -0.132. The van der Waals surface area contributed by atoms with Gasteiger partial charge in [0.15, 0.2) is 0 Å². The standard InChI is InChI=1S/C17H19N3O5/c18-16(23)17(5-8-24-9-6-17)10-19-14(21)11-3-4-12(20-15(11)22)13-2-1-7-25-13/h1-4,7H,5-6,8-10H2,(H2,18,23)(H,19,21)(H,20,22). The molecule has 2 amide bonds. The fourth-order valence-corrected chi connectivity index (χ4v) is 2.85. The minimum absolute atomic E-state index is 0.0398. The van der Waals surface area contributed by atoms with Gasteiger partial charge in [-0.1, -0.05) is 0 Å². The maximum absolute atomic E-state index is 12.3. The van der Waals surface area contributed by atoms with Crippen molar-refractivity contribution in [3.63, 3.8) is 0 Å². The monoisotopic (exact) mass is 345 g/mol. The van der Waals surface area contributed by atoms with E-state index in [1.165, 1.54) is 12.3 Å². The summed E-state index contributed by atoms with van der Waals surface area (Å²) in [5.41, 5.74) is 4.57. The van der Waals surface area contributed by atoms with Gasteiger partial charge >= 0.3 is 0 Å². The molecular formula is C17H19N3O5. The number of carbonyl (C=O) groups excluding carboxylic acids is 2. The van der Waals surface area contributed by atoms with E-state index >= 15 is 0 Å². The number of ether oxygens (including phenoxy) is 1. The second-order valence-electron chi connectivity index (χ2n) is 6.03. The summed E-state index contributed by atoms with van der Waals surface area (Å²) in [5.74, 6) is -0.531. The minimum Gasteiger partial charge on any atom is -0.463 e. The van der Waals surface area contributed by atoms with Crippen molar-refractivity contribution in [2.24, 2.45) is 11.1 Å². The zero-order chi connectivity index (χ0) is 17.9. The molecule has 132 valence electrons. The molecule has 1 fully saturated rings. The first-order valence-electron chi connectivity index (χ1n) is 7.95. The van der Waals surface area contributed by atoms with Crippen LogP contribution in [-0.4, -0.2) is 36.6 Å². The van der Waals surface area contributed by atoms with Crippen LogP contribution in [0.4, 0.5) is 0 Å². The summed E-state index contributed by atoms with van der Waals surface area (Å²) < 4.78 is 10.5. The Morgan fingerprint density at radius 3 is 2.60 bits per heavy atom. The second kappa shape index (κ2) is 6.94. The summed E-state index contributed by atoms with van der Waals surface area (Å²) >= 11 is 0. The van der Waals surface area contributed by atoms with Crippen LogP contribution in [0.2, 0.25) is 0 Å². The summed E-state index contributed by atoms with van der Waals surface area (Å²) in [4.78, 5) is 38.9. The normalized spacial score (nSPS) is 16.3.